The van der Waals surface area contributed by atoms with Crippen molar-refractivity contribution in [1.82, 2.24) is 24.1 Å². The van der Waals surface area contributed by atoms with Crippen LogP contribution < -0.4 is 15.3 Å². The van der Waals surface area contributed by atoms with Gasteiger partial charge in [0, 0.05) is 68.0 Å². The molecule has 3 aromatic heterocycles. The zero-order valence-corrected chi connectivity index (χ0v) is 23.1. The summed E-state index contributed by atoms with van der Waals surface area (Å²) in [4.78, 5) is 24.9. The fourth-order valence-electron chi connectivity index (χ4n) is 5.81. The number of aryl methyl sites for hydroxylation is 1. The van der Waals surface area contributed by atoms with E-state index in [9.17, 15) is 13.6 Å². The second-order valence-corrected chi connectivity index (χ2v) is 10.7. The second kappa shape index (κ2) is 10.3. The van der Waals surface area contributed by atoms with Crippen molar-refractivity contribution in [2.24, 2.45) is 5.92 Å². The highest BCUT2D eigenvalue weighted by Gasteiger charge is 2.25. The van der Waals surface area contributed by atoms with Gasteiger partial charge in [0.1, 0.15) is 5.82 Å². The van der Waals surface area contributed by atoms with Gasteiger partial charge in [-0.15, -0.1) is 5.10 Å². The van der Waals surface area contributed by atoms with Crippen molar-refractivity contribution >= 4 is 11.6 Å². The van der Waals surface area contributed by atoms with Gasteiger partial charge >= 0.3 is 5.69 Å². The monoisotopic (exact) mass is 550 g/mol. The van der Waals surface area contributed by atoms with Crippen LogP contribution in [0.15, 0.2) is 23.1 Å². The van der Waals surface area contributed by atoms with Crippen LogP contribution in [-0.4, -0.2) is 51.0 Å². The SMILES string of the molecule is COc1c(F)cc(-c2cnc3c(c2)CN(c2nc4nn(CC5CCOCC5)c(=O)n4c(C)c2C)CC3)c(C)c1F. The molecule has 2 aliphatic rings. The first-order valence-corrected chi connectivity index (χ1v) is 13.6. The number of pyridine rings is 1. The molecular weight excluding hydrogens is 518 g/mol. The maximum atomic E-state index is 14.8. The molecule has 1 saturated heterocycles. The van der Waals surface area contributed by atoms with E-state index >= 15 is 0 Å². The molecule has 0 amide bonds. The smallest absolute Gasteiger partial charge is 0.351 e. The zero-order valence-electron chi connectivity index (χ0n) is 23.1. The number of hydrogen-bond donors (Lipinski definition) is 0. The largest absolute Gasteiger partial charge is 0.491 e. The fourth-order valence-corrected chi connectivity index (χ4v) is 5.81. The molecule has 0 bridgehead atoms. The van der Waals surface area contributed by atoms with Crippen LogP contribution in [0.5, 0.6) is 5.75 Å². The molecule has 0 radical (unpaired) electrons. The number of anilines is 1. The highest BCUT2D eigenvalue weighted by molar-refractivity contribution is 5.69. The third kappa shape index (κ3) is 4.42. The molecule has 6 rings (SSSR count). The highest BCUT2D eigenvalue weighted by atomic mass is 19.1. The summed E-state index contributed by atoms with van der Waals surface area (Å²) in [6.07, 6.45) is 4.18. The van der Waals surface area contributed by atoms with Crippen LogP contribution in [0.3, 0.4) is 0 Å². The first-order chi connectivity index (χ1) is 19.3. The Morgan fingerprint density at radius 1 is 1.12 bits per heavy atom. The molecule has 4 aromatic rings. The van der Waals surface area contributed by atoms with Gasteiger partial charge in [0.2, 0.25) is 0 Å². The minimum atomic E-state index is -0.755. The predicted octanol–water partition coefficient (Wildman–Crippen LogP) is 4.15. The molecule has 9 nitrogen and oxygen atoms in total. The normalized spacial score (nSPS) is 16.0. The number of hydrogen-bond acceptors (Lipinski definition) is 7. The Morgan fingerprint density at radius 3 is 2.65 bits per heavy atom. The molecule has 0 N–H and O–H groups in total. The van der Waals surface area contributed by atoms with E-state index in [1.807, 2.05) is 19.9 Å². The highest BCUT2D eigenvalue weighted by Crippen LogP contribution is 2.35. The Hall–Kier alpha value is -3.86. The molecule has 0 saturated carbocycles. The molecule has 0 aliphatic carbocycles. The van der Waals surface area contributed by atoms with Crippen LogP contribution in [0, 0.1) is 38.3 Å². The van der Waals surface area contributed by atoms with Crippen LogP contribution in [0.4, 0.5) is 14.6 Å². The molecule has 0 unspecified atom stereocenters. The number of aromatic nitrogens is 5. The predicted molar refractivity (Wildman–Crippen MR) is 146 cm³/mol. The van der Waals surface area contributed by atoms with Gasteiger partial charge in [0.05, 0.1) is 7.11 Å². The van der Waals surface area contributed by atoms with Crippen LogP contribution in [-0.2, 0) is 24.2 Å². The third-order valence-corrected chi connectivity index (χ3v) is 8.29. The number of benzene rings is 1. The number of fused-ring (bicyclic) bond motifs is 2. The second-order valence-electron chi connectivity index (χ2n) is 10.7. The molecule has 0 spiro atoms. The van der Waals surface area contributed by atoms with E-state index in [1.165, 1.54) is 17.9 Å². The fraction of sp³-hybridized carbons (Fsp3) is 0.448. The molecule has 2 aliphatic heterocycles. The van der Waals surface area contributed by atoms with Gasteiger partial charge in [-0.25, -0.2) is 22.7 Å². The molecule has 0 atom stereocenters. The lowest BCUT2D eigenvalue weighted by Gasteiger charge is -2.31. The van der Waals surface area contributed by atoms with Crippen LogP contribution in [0.2, 0.25) is 0 Å². The van der Waals surface area contributed by atoms with Crippen molar-refractivity contribution in [2.75, 3.05) is 31.8 Å². The average Bonchev–Trinajstić information content (AvgIpc) is 3.27. The lowest BCUT2D eigenvalue weighted by Crippen LogP contribution is -2.33. The molecule has 40 heavy (non-hydrogen) atoms. The zero-order chi connectivity index (χ0) is 28.1. The Morgan fingerprint density at radius 2 is 1.90 bits per heavy atom. The molecule has 1 fully saturated rings. The Labute approximate surface area is 230 Å². The molecule has 210 valence electrons. The Bertz CT molecular complexity index is 1680. The summed E-state index contributed by atoms with van der Waals surface area (Å²) in [6.45, 7) is 8.68. The van der Waals surface area contributed by atoms with Gasteiger partial charge in [0.15, 0.2) is 17.4 Å². The summed E-state index contributed by atoms with van der Waals surface area (Å²) in [5.74, 6) is -0.356. The van der Waals surface area contributed by atoms with Crippen molar-refractivity contribution in [3.05, 3.63) is 68.5 Å². The summed E-state index contributed by atoms with van der Waals surface area (Å²) >= 11 is 0. The van der Waals surface area contributed by atoms with Gasteiger partial charge in [-0.05, 0) is 68.4 Å². The van der Waals surface area contributed by atoms with Gasteiger partial charge in [0.25, 0.3) is 5.78 Å². The van der Waals surface area contributed by atoms with Crippen LogP contribution in [0.1, 0.15) is 40.9 Å². The van der Waals surface area contributed by atoms with Crippen LogP contribution in [0.25, 0.3) is 16.9 Å². The van der Waals surface area contributed by atoms with Crippen molar-refractivity contribution in [1.29, 1.82) is 0 Å². The van der Waals surface area contributed by atoms with E-state index < -0.39 is 11.6 Å². The summed E-state index contributed by atoms with van der Waals surface area (Å²) in [6, 6.07) is 3.23. The topological polar surface area (TPSA) is 86.8 Å². The number of halogens is 2. The first-order valence-electron chi connectivity index (χ1n) is 13.6. The summed E-state index contributed by atoms with van der Waals surface area (Å²) in [7, 11) is 1.25. The Balaban J connectivity index is 1.33. The van der Waals surface area contributed by atoms with Crippen molar-refractivity contribution in [3.63, 3.8) is 0 Å². The van der Waals surface area contributed by atoms with E-state index in [0.29, 0.717) is 67.7 Å². The lowest BCUT2D eigenvalue weighted by atomic mass is 9.96. The van der Waals surface area contributed by atoms with Gasteiger partial charge in [-0.1, -0.05) is 0 Å². The molecule has 1 aromatic carbocycles. The van der Waals surface area contributed by atoms with E-state index in [2.05, 4.69) is 15.0 Å². The van der Waals surface area contributed by atoms with Crippen molar-refractivity contribution in [2.45, 2.75) is 53.1 Å². The maximum Gasteiger partial charge on any atom is 0.351 e. The van der Waals surface area contributed by atoms with Gasteiger partial charge in [-0.2, -0.15) is 4.98 Å². The van der Waals surface area contributed by atoms with E-state index in [4.69, 9.17) is 14.5 Å². The van der Waals surface area contributed by atoms with E-state index in [0.717, 1.165) is 41.2 Å². The average molecular weight is 551 g/mol. The quantitative estimate of drug-likeness (QED) is 0.369. The standard InChI is InChI=1S/C29H32F2N6O3/c1-16-18(3)37-28(34-36(29(37)38)14-19-6-9-40-10-7-19)33-27(16)35-8-5-24-21(15-35)11-20(13-32-24)22-12-23(30)26(39-4)25(31)17(22)2/h11-13,19H,5-10,14-15H2,1-4H3. The number of ether oxygens (including phenoxy) is 2. The lowest BCUT2D eigenvalue weighted by molar-refractivity contribution is 0.0598. The van der Waals surface area contributed by atoms with Gasteiger partial charge in [-0.3, -0.25) is 4.98 Å². The maximum absolute atomic E-state index is 14.8. The van der Waals surface area contributed by atoms with Crippen molar-refractivity contribution < 1.29 is 18.3 Å². The number of nitrogens with zero attached hydrogens (tertiary/aromatic N) is 6. The van der Waals surface area contributed by atoms with E-state index in [1.54, 1.807) is 17.5 Å². The summed E-state index contributed by atoms with van der Waals surface area (Å²) in [5, 5.41) is 4.60. The summed E-state index contributed by atoms with van der Waals surface area (Å²) in [5.41, 5.74) is 4.81. The number of methoxy groups -OCH3 is 1. The molecule has 5 heterocycles. The van der Waals surface area contributed by atoms with Gasteiger partial charge < -0.3 is 14.4 Å². The molecular formula is C29H32F2N6O3. The first kappa shape index (κ1) is 26.4. The minimum absolute atomic E-state index is 0.173. The van der Waals surface area contributed by atoms with E-state index in [-0.39, 0.29) is 11.4 Å². The van der Waals surface area contributed by atoms with Crippen molar-refractivity contribution in [3.8, 4) is 16.9 Å². The molecule has 11 heteroatoms. The summed E-state index contributed by atoms with van der Waals surface area (Å²) < 4.78 is 42.8. The minimum Gasteiger partial charge on any atom is -0.491 e. The third-order valence-electron chi connectivity index (χ3n) is 8.29. The van der Waals surface area contributed by atoms with Crippen LogP contribution >= 0.6 is 0 Å². The Kier molecular flexibility index (Phi) is 6.77. The number of rotatable bonds is 5.